The highest BCUT2D eigenvalue weighted by Gasteiger charge is 1.97. The Labute approximate surface area is 79.3 Å². The van der Waals surface area contributed by atoms with Crippen molar-refractivity contribution in [3.8, 4) is 0 Å². The van der Waals surface area contributed by atoms with Crippen LogP contribution in [0.2, 0.25) is 0 Å². The number of rotatable bonds is 2. The van der Waals surface area contributed by atoms with Gasteiger partial charge in [-0.25, -0.2) is 9.97 Å². The number of aromatic nitrogens is 2. The molecule has 1 rings (SSSR count). The molecule has 1 heterocycles. The van der Waals surface area contributed by atoms with Gasteiger partial charge in [0.2, 0.25) is 0 Å². The normalized spacial score (nSPS) is 8.23. The Morgan fingerprint density at radius 2 is 2.08 bits per heavy atom. The van der Waals surface area contributed by atoms with Crippen LogP contribution in [0.25, 0.3) is 6.08 Å². The third-order valence-corrected chi connectivity index (χ3v) is 1.28. The van der Waals surface area contributed by atoms with Crippen LogP contribution < -0.4 is 0 Å². The predicted octanol–water partition coefficient (Wildman–Crippen LogP) is 2.79. The smallest absolute Gasteiger partial charge is 0.126 e. The SMILES string of the molecule is C=Cc1nc(C)ncc1N=C.CC. The van der Waals surface area contributed by atoms with E-state index in [1.807, 2.05) is 20.8 Å². The number of hydrogen-bond donors (Lipinski definition) is 0. The molecule has 0 N–H and O–H groups in total. The van der Waals surface area contributed by atoms with Crippen molar-refractivity contribution in [3.63, 3.8) is 0 Å². The molecule has 0 saturated heterocycles. The second kappa shape index (κ2) is 6.06. The molecule has 13 heavy (non-hydrogen) atoms. The molecule has 3 heteroatoms. The summed E-state index contributed by atoms with van der Waals surface area (Å²) in [6, 6.07) is 0. The molecule has 0 unspecified atom stereocenters. The van der Waals surface area contributed by atoms with Gasteiger partial charge in [-0.1, -0.05) is 20.4 Å². The summed E-state index contributed by atoms with van der Waals surface area (Å²) in [6.07, 6.45) is 3.27. The van der Waals surface area contributed by atoms with Crippen molar-refractivity contribution in [3.05, 3.63) is 24.3 Å². The van der Waals surface area contributed by atoms with Gasteiger partial charge in [0.05, 0.1) is 11.9 Å². The lowest BCUT2D eigenvalue weighted by atomic mass is 10.3. The maximum absolute atomic E-state index is 4.10. The first-order valence-corrected chi connectivity index (χ1v) is 4.20. The first-order chi connectivity index (χ1) is 6.27. The van der Waals surface area contributed by atoms with Gasteiger partial charge in [0.25, 0.3) is 0 Å². The number of aliphatic imine (C=N–C) groups is 1. The molecule has 0 amide bonds. The van der Waals surface area contributed by atoms with Crippen LogP contribution in [0.3, 0.4) is 0 Å². The van der Waals surface area contributed by atoms with Crippen molar-refractivity contribution in [1.82, 2.24) is 9.97 Å². The highest BCUT2D eigenvalue weighted by Crippen LogP contribution is 2.15. The third kappa shape index (κ3) is 3.15. The van der Waals surface area contributed by atoms with Crippen LogP contribution in [0.15, 0.2) is 17.8 Å². The Hall–Kier alpha value is -1.51. The van der Waals surface area contributed by atoms with E-state index in [4.69, 9.17) is 0 Å². The molecule has 1 aromatic heterocycles. The summed E-state index contributed by atoms with van der Waals surface area (Å²) in [5, 5.41) is 0. The van der Waals surface area contributed by atoms with E-state index in [0.29, 0.717) is 11.5 Å². The molecule has 0 aromatic carbocycles. The van der Waals surface area contributed by atoms with Crippen molar-refractivity contribution in [2.45, 2.75) is 20.8 Å². The van der Waals surface area contributed by atoms with Gasteiger partial charge in [-0.3, -0.25) is 4.99 Å². The van der Waals surface area contributed by atoms with Crippen LogP contribution in [0.4, 0.5) is 5.69 Å². The summed E-state index contributed by atoms with van der Waals surface area (Å²) in [5.41, 5.74) is 1.40. The zero-order valence-electron chi connectivity index (χ0n) is 8.41. The molecule has 0 aliphatic rings. The Bertz CT molecular complexity index is 292. The largest absolute Gasteiger partial charge is 0.261 e. The van der Waals surface area contributed by atoms with Gasteiger partial charge in [-0.2, -0.15) is 0 Å². The zero-order valence-corrected chi connectivity index (χ0v) is 8.41. The van der Waals surface area contributed by atoms with E-state index in [2.05, 4.69) is 28.3 Å². The van der Waals surface area contributed by atoms with Gasteiger partial charge in [-0.15, -0.1) is 0 Å². The van der Waals surface area contributed by atoms with Gasteiger partial charge in [0.1, 0.15) is 11.5 Å². The van der Waals surface area contributed by atoms with E-state index in [-0.39, 0.29) is 0 Å². The molecule has 0 aliphatic carbocycles. The third-order valence-electron chi connectivity index (χ3n) is 1.28. The summed E-state index contributed by atoms with van der Waals surface area (Å²) in [7, 11) is 0. The fraction of sp³-hybridized carbons (Fsp3) is 0.300. The molecule has 0 bridgehead atoms. The van der Waals surface area contributed by atoms with Crippen LogP contribution in [0.1, 0.15) is 25.4 Å². The second-order valence-electron chi connectivity index (χ2n) is 2.05. The number of aryl methyl sites for hydroxylation is 1. The molecular weight excluding hydrogens is 162 g/mol. The van der Waals surface area contributed by atoms with E-state index >= 15 is 0 Å². The van der Waals surface area contributed by atoms with Crippen molar-refractivity contribution < 1.29 is 0 Å². The highest BCUT2D eigenvalue weighted by atomic mass is 14.9. The molecule has 3 nitrogen and oxygen atoms in total. The van der Waals surface area contributed by atoms with Crippen molar-refractivity contribution in [2.75, 3.05) is 0 Å². The molecule has 0 atom stereocenters. The molecule has 1 aromatic rings. The van der Waals surface area contributed by atoms with E-state index in [9.17, 15) is 0 Å². The Kier molecular flexibility index (Phi) is 5.35. The molecular formula is C10H15N3. The zero-order chi connectivity index (χ0) is 10.3. The van der Waals surface area contributed by atoms with E-state index in [0.717, 1.165) is 5.69 Å². The maximum Gasteiger partial charge on any atom is 0.126 e. The van der Waals surface area contributed by atoms with E-state index < -0.39 is 0 Å². The minimum Gasteiger partial charge on any atom is -0.261 e. The van der Waals surface area contributed by atoms with Gasteiger partial charge in [-0.05, 0) is 19.7 Å². The van der Waals surface area contributed by atoms with Crippen LogP contribution in [-0.2, 0) is 0 Å². The molecule has 0 spiro atoms. The summed E-state index contributed by atoms with van der Waals surface area (Å²) in [4.78, 5) is 11.8. The monoisotopic (exact) mass is 177 g/mol. The van der Waals surface area contributed by atoms with Crippen LogP contribution >= 0.6 is 0 Å². The topological polar surface area (TPSA) is 38.1 Å². The molecule has 0 radical (unpaired) electrons. The fourth-order valence-electron chi connectivity index (χ4n) is 0.753. The van der Waals surface area contributed by atoms with Crippen molar-refractivity contribution in [1.29, 1.82) is 0 Å². The van der Waals surface area contributed by atoms with Gasteiger partial charge < -0.3 is 0 Å². The molecule has 0 fully saturated rings. The minimum atomic E-state index is 0.672. The van der Waals surface area contributed by atoms with Gasteiger partial charge in [0.15, 0.2) is 0 Å². The molecule has 0 saturated carbocycles. The van der Waals surface area contributed by atoms with Gasteiger partial charge in [0, 0.05) is 0 Å². The first-order valence-electron chi connectivity index (χ1n) is 4.20. The summed E-state index contributed by atoms with van der Waals surface area (Å²) in [6.45, 7) is 12.8. The number of hydrogen-bond acceptors (Lipinski definition) is 3. The standard InChI is InChI=1S/C8H9N3.C2H6/c1-4-7-8(9-3)5-10-6(2)11-7;1-2/h4-5H,1,3H2,2H3;1-2H3. The number of nitrogens with zero attached hydrogens (tertiary/aromatic N) is 3. The lowest BCUT2D eigenvalue weighted by Gasteiger charge is -1.97. The van der Waals surface area contributed by atoms with Crippen molar-refractivity contribution >= 4 is 18.5 Å². The quantitative estimate of drug-likeness (QED) is 0.651. The minimum absolute atomic E-state index is 0.672. The first kappa shape index (κ1) is 11.5. The molecule has 0 aliphatic heterocycles. The van der Waals surface area contributed by atoms with Gasteiger partial charge >= 0.3 is 0 Å². The predicted molar refractivity (Wildman–Crippen MR) is 57.4 cm³/mol. The second-order valence-corrected chi connectivity index (χ2v) is 2.05. The lowest BCUT2D eigenvalue weighted by molar-refractivity contribution is 1.04. The van der Waals surface area contributed by atoms with Crippen LogP contribution in [-0.4, -0.2) is 16.7 Å². The Balaban J connectivity index is 0.000000671. The summed E-state index contributed by atoms with van der Waals surface area (Å²) >= 11 is 0. The fourth-order valence-corrected chi connectivity index (χ4v) is 0.753. The lowest BCUT2D eigenvalue weighted by Crippen LogP contribution is -1.89. The maximum atomic E-state index is 4.10. The van der Waals surface area contributed by atoms with E-state index in [1.165, 1.54) is 0 Å². The average Bonchev–Trinajstić information content (AvgIpc) is 2.20. The summed E-state index contributed by atoms with van der Waals surface area (Å²) in [5.74, 6) is 0.715. The average molecular weight is 177 g/mol. The van der Waals surface area contributed by atoms with Crippen LogP contribution in [0.5, 0.6) is 0 Å². The Morgan fingerprint density at radius 3 is 2.54 bits per heavy atom. The van der Waals surface area contributed by atoms with E-state index in [1.54, 1.807) is 12.3 Å². The Morgan fingerprint density at radius 1 is 1.46 bits per heavy atom. The highest BCUT2D eigenvalue weighted by molar-refractivity contribution is 5.60. The summed E-state index contributed by atoms with van der Waals surface area (Å²) < 4.78 is 0. The van der Waals surface area contributed by atoms with Crippen molar-refractivity contribution in [2.24, 2.45) is 4.99 Å². The molecule has 70 valence electrons. The van der Waals surface area contributed by atoms with Crippen LogP contribution in [0, 0.1) is 6.92 Å².